The highest BCUT2D eigenvalue weighted by Crippen LogP contribution is 2.24. The maximum Gasteiger partial charge on any atom is 0.274 e. The third-order valence-electron chi connectivity index (χ3n) is 4.21. The molecule has 2 heterocycles. The number of nitrogens with one attached hydrogen (secondary N) is 1. The van der Waals surface area contributed by atoms with Crippen molar-refractivity contribution in [2.45, 2.75) is 13.8 Å². The lowest BCUT2D eigenvalue weighted by molar-refractivity contribution is 0.102. The van der Waals surface area contributed by atoms with Gasteiger partial charge in [-0.25, -0.2) is 4.98 Å². The number of aromatic nitrogens is 2. The molecular formula is C20H17N3O. The number of anilines is 1. The SMILES string of the molecule is Cc1ccn2c(C(=O)Nc3cccc4ccccc34)c(C)nc2c1. The average molecular weight is 315 g/mol. The van der Waals surface area contributed by atoms with E-state index in [0.717, 1.165) is 33.4 Å². The van der Waals surface area contributed by atoms with Gasteiger partial charge in [0.25, 0.3) is 5.91 Å². The summed E-state index contributed by atoms with van der Waals surface area (Å²) in [6.07, 6.45) is 1.89. The monoisotopic (exact) mass is 315 g/mol. The number of rotatable bonds is 2. The van der Waals surface area contributed by atoms with Gasteiger partial charge < -0.3 is 5.32 Å². The van der Waals surface area contributed by atoms with E-state index in [4.69, 9.17) is 0 Å². The zero-order chi connectivity index (χ0) is 16.7. The summed E-state index contributed by atoms with van der Waals surface area (Å²) in [6, 6.07) is 17.9. The van der Waals surface area contributed by atoms with Crippen molar-refractivity contribution in [3.63, 3.8) is 0 Å². The van der Waals surface area contributed by atoms with Gasteiger partial charge in [0.2, 0.25) is 0 Å². The minimum atomic E-state index is -0.153. The summed E-state index contributed by atoms with van der Waals surface area (Å²) in [5, 5.41) is 5.16. The lowest BCUT2D eigenvalue weighted by atomic mass is 10.1. The van der Waals surface area contributed by atoms with Crippen LogP contribution in [0.5, 0.6) is 0 Å². The van der Waals surface area contributed by atoms with Crippen molar-refractivity contribution < 1.29 is 4.79 Å². The summed E-state index contributed by atoms with van der Waals surface area (Å²) in [4.78, 5) is 17.4. The Bertz CT molecular complexity index is 1070. The van der Waals surface area contributed by atoms with Gasteiger partial charge in [-0.1, -0.05) is 36.4 Å². The summed E-state index contributed by atoms with van der Waals surface area (Å²) in [5.41, 5.74) is 4.00. The average Bonchev–Trinajstić information content (AvgIpc) is 2.90. The lowest BCUT2D eigenvalue weighted by Crippen LogP contribution is -2.15. The first kappa shape index (κ1) is 14.5. The molecule has 0 saturated carbocycles. The molecule has 24 heavy (non-hydrogen) atoms. The molecule has 0 unspecified atom stereocenters. The Morgan fingerprint density at radius 2 is 1.83 bits per heavy atom. The van der Waals surface area contributed by atoms with Crippen LogP contribution in [0.1, 0.15) is 21.7 Å². The van der Waals surface area contributed by atoms with Crippen molar-refractivity contribution in [2.75, 3.05) is 5.32 Å². The molecule has 4 aromatic rings. The molecule has 1 amide bonds. The third-order valence-corrected chi connectivity index (χ3v) is 4.21. The molecular weight excluding hydrogens is 298 g/mol. The minimum absolute atomic E-state index is 0.153. The number of carbonyl (C=O) groups is 1. The topological polar surface area (TPSA) is 46.4 Å². The molecule has 0 saturated heterocycles. The molecule has 2 aromatic heterocycles. The predicted octanol–water partition coefficient (Wildman–Crippen LogP) is 4.36. The number of hydrogen-bond acceptors (Lipinski definition) is 2. The molecule has 0 aliphatic heterocycles. The molecule has 2 aromatic carbocycles. The summed E-state index contributed by atoms with van der Waals surface area (Å²) >= 11 is 0. The second-order valence-corrected chi connectivity index (χ2v) is 5.96. The second-order valence-electron chi connectivity index (χ2n) is 5.96. The van der Waals surface area contributed by atoms with E-state index in [1.165, 1.54) is 0 Å². The van der Waals surface area contributed by atoms with Gasteiger partial charge in [-0.15, -0.1) is 0 Å². The molecule has 4 nitrogen and oxygen atoms in total. The zero-order valence-electron chi connectivity index (χ0n) is 13.6. The summed E-state index contributed by atoms with van der Waals surface area (Å²) in [7, 11) is 0. The van der Waals surface area contributed by atoms with Gasteiger partial charge in [0.15, 0.2) is 0 Å². The van der Waals surface area contributed by atoms with Gasteiger partial charge in [0.05, 0.1) is 5.69 Å². The van der Waals surface area contributed by atoms with Crippen LogP contribution in [0, 0.1) is 13.8 Å². The van der Waals surface area contributed by atoms with Crippen LogP contribution in [-0.2, 0) is 0 Å². The number of fused-ring (bicyclic) bond motifs is 2. The molecule has 118 valence electrons. The van der Waals surface area contributed by atoms with Crippen molar-refractivity contribution in [3.8, 4) is 0 Å². The van der Waals surface area contributed by atoms with Crippen LogP contribution in [0.25, 0.3) is 16.4 Å². The number of nitrogens with zero attached hydrogens (tertiary/aromatic N) is 2. The lowest BCUT2D eigenvalue weighted by Gasteiger charge is -2.09. The number of hydrogen-bond donors (Lipinski definition) is 1. The smallest absolute Gasteiger partial charge is 0.274 e. The van der Waals surface area contributed by atoms with Crippen LogP contribution in [-0.4, -0.2) is 15.3 Å². The third kappa shape index (κ3) is 2.33. The molecule has 0 aliphatic rings. The van der Waals surface area contributed by atoms with Gasteiger partial charge in [-0.05, 0) is 43.0 Å². The van der Waals surface area contributed by atoms with Gasteiger partial charge in [0, 0.05) is 17.3 Å². The molecule has 4 rings (SSSR count). The van der Waals surface area contributed by atoms with Crippen molar-refractivity contribution in [1.82, 2.24) is 9.38 Å². The Hall–Kier alpha value is -3.14. The highest BCUT2D eigenvalue weighted by Gasteiger charge is 2.17. The largest absolute Gasteiger partial charge is 0.320 e. The fourth-order valence-electron chi connectivity index (χ4n) is 3.05. The van der Waals surface area contributed by atoms with Gasteiger partial charge in [0.1, 0.15) is 11.3 Å². The molecule has 0 aliphatic carbocycles. The van der Waals surface area contributed by atoms with E-state index < -0.39 is 0 Å². The number of benzene rings is 2. The van der Waals surface area contributed by atoms with Crippen LogP contribution < -0.4 is 5.32 Å². The van der Waals surface area contributed by atoms with E-state index in [1.54, 1.807) is 0 Å². The van der Waals surface area contributed by atoms with Crippen molar-refractivity contribution >= 4 is 28.0 Å². The normalized spacial score (nSPS) is 11.1. The van der Waals surface area contributed by atoms with E-state index in [9.17, 15) is 4.79 Å². The van der Waals surface area contributed by atoms with Gasteiger partial charge >= 0.3 is 0 Å². The number of amides is 1. The van der Waals surface area contributed by atoms with Crippen LogP contribution >= 0.6 is 0 Å². The minimum Gasteiger partial charge on any atom is -0.320 e. The van der Waals surface area contributed by atoms with Crippen molar-refractivity contribution in [2.24, 2.45) is 0 Å². The maximum atomic E-state index is 12.9. The van der Waals surface area contributed by atoms with Crippen molar-refractivity contribution in [3.05, 3.63) is 77.7 Å². The Labute approximate surface area is 139 Å². The van der Waals surface area contributed by atoms with E-state index in [-0.39, 0.29) is 5.91 Å². The number of carbonyl (C=O) groups excluding carboxylic acids is 1. The number of aryl methyl sites for hydroxylation is 2. The summed E-state index contributed by atoms with van der Waals surface area (Å²) in [5.74, 6) is -0.153. The number of pyridine rings is 1. The first-order valence-electron chi connectivity index (χ1n) is 7.88. The molecule has 0 bridgehead atoms. The van der Waals surface area contributed by atoms with E-state index in [1.807, 2.05) is 79.0 Å². The number of imidazole rings is 1. The van der Waals surface area contributed by atoms with Crippen LogP contribution in [0.15, 0.2) is 60.8 Å². The maximum absolute atomic E-state index is 12.9. The fraction of sp³-hybridized carbons (Fsp3) is 0.100. The summed E-state index contributed by atoms with van der Waals surface area (Å²) in [6.45, 7) is 3.88. The molecule has 0 fully saturated rings. The molecule has 1 N–H and O–H groups in total. The zero-order valence-corrected chi connectivity index (χ0v) is 13.6. The Morgan fingerprint density at radius 3 is 2.71 bits per heavy atom. The molecule has 0 radical (unpaired) electrons. The van der Waals surface area contributed by atoms with E-state index in [2.05, 4.69) is 10.3 Å². The molecule has 4 heteroatoms. The van der Waals surface area contributed by atoms with Gasteiger partial charge in [-0.2, -0.15) is 0 Å². The van der Waals surface area contributed by atoms with E-state index >= 15 is 0 Å². The highest BCUT2D eigenvalue weighted by molar-refractivity contribution is 6.09. The quantitative estimate of drug-likeness (QED) is 0.597. The Kier molecular flexibility index (Phi) is 3.31. The molecule has 0 atom stereocenters. The Balaban J connectivity index is 1.78. The van der Waals surface area contributed by atoms with E-state index in [0.29, 0.717) is 5.69 Å². The first-order valence-corrected chi connectivity index (χ1v) is 7.88. The van der Waals surface area contributed by atoms with Crippen LogP contribution in [0.4, 0.5) is 5.69 Å². The summed E-state index contributed by atoms with van der Waals surface area (Å²) < 4.78 is 1.84. The first-order chi connectivity index (χ1) is 11.6. The van der Waals surface area contributed by atoms with Crippen molar-refractivity contribution in [1.29, 1.82) is 0 Å². The van der Waals surface area contributed by atoms with Crippen LogP contribution in [0.2, 0.25) is 0 Å². The standard InChI is InChI=1S/C20H17N3O/c1-13-10-11-23-18(12-13)21-14(2)19(23)20(24)22-17-9-5-7-15-6-3-4-8-16(15)17/h3-12H,1-2H3,(H,22,24). The second kappa shape index (κ2) is 5.49. The highest BCUT2D eigenvalue weighted by atomic mass is 16.2. The van der Waals surface area contributed by atoms with Crippen LogP contribution in [0.3, 0.4) is 0 Å². The Morgan fingerprint density at radius 1 is 1.04 bits per heavy atom. The predicted molar refractivity (Wildman–Crippen MR) is 96.6 cm³/mol. The van der Waals surface area contributed by atoms with Gasteiger partial charge in [-0.3, -0.25) is 9.20 Å². The molecule has 0 spiro atoms. The fourth-order valence-corrected chi connectivity index (χ4v) is 3.05.